The highest BCUT2D eigenvalue weighted by molar-refractivity contribution is 9.09. The van der Waals surface area contributed by atoms with Gasteiger partial charge in [-0.15, -0.1) is 0 Å². The average Bonchev–Trinajstić information content (AvgIpc) is 2.08. The van der Waals surface area contributed by atoms with E-state index in [1.807, 2.05) is 0 Å². The van der Waals surface area contributed by atoms with Gasteiger partial charge in [-0.3, -0.25) is 0 Å². The fourth-order valence-corrected chi connectivity index (χ4v) is 1.44. The number of rotatable bonds is 2. The molecule has 0 heterocycles. The molecule has 0 aliphatic rings. The first-order valence-corrected chi connectivity index (χ1v) is 5.34. The van der Waals surface area contributed by atoms with E-state index in [1.54, 1.807) is 0 Å². The van der Waals surface area contributed by atoms with E-state index in [2.05, 4.69) is 48.0 Å². The minimum Gasteiger partial charge on any atom is -0.0867 e. The molecule has 0 nitrogen and oxygen atoms in total. The van der Waals surface area contributed by atoms with Crippen molar-refractivity contribution in [3.63, 3.8) is 0 Å². The normalized spacial score (nSPS) is 9.92. The van der Waals surface area contributed by atoms with E-state index in [-0.39, 0.29) is 0 Å². The summed E-state index contributed by atoms with van der Waals surface area (Å²) in [5.41, 5.74) is 3.77. The average molecular weight is 243 g/mol. The molecule has 0 unspecified atom stereocenters. The molecule has 0 spiro atoms. The fourth-order valence-electron chi connectivity index (χ4n) is 0.992. The molecule has 0 amide bonds. The Bertz CT molecular complexity index is 305. The summed E-state index contributed by atoms with van der Waals surface area (Å²) >= 11 is 8.53. The van der Waals surface area contributed by atoms with Crippen LogP contribution in [0.5, 0.6) is 0 Å². The van der Waals surface area contributed by atoms with Crippen molar-refractivity contribution in [2.45, 2.75) is 13.8 Å². The van der Waals surface area contributed by atoms with Crippen molar-refractivity contribution in [2.75, 3.05) is 5.33 Å². The highest BCUT2D eigenvalue weighted by Gasteiger charge is 2.00. The molecule has 64 valence electrons. The molecule has 1 aromatic rings. The van der Waals surface area contributed by atoms with Crippen LogP contribution in [-0.4, -0.2) is 10.2 Å². The maximum Gasteiger partial charge on any atom is 0.0391 e. The van der Waals surface area contributed by atoms with Gasteiger partial charge in [0.1, 0.15) is 0 Å². The van der Waals surface area contributed by atoms with Crippen molar-refractivity contribution in [3.05, 3.63) is 34.9 Å². The summed E-state index contributed by atoms with van der Waals surface area (Å²) in [4.78, 5) is 0.970. The molecule has 1 aromatic carbocycles. The molecule has 0 saturated heterocycles. The third kappa shape index (κ3) is 2.14. The van der Waals surface area contributed by atoms with Crippen LogP contribution in [0.15, 0.2) is 18.2 Å². The van der Waals surface area contributed by atoms with E-state index in [0.29, 0.717) is 0 Å². The predicted molar refractivity (Wildman–Crippen MR) is 61.4 cm³/mol. The lowest BCUT2D eigenvalue weighted by atomic mass is 10.1. The maximum absolute atomic E-state index is 5.18. The highest BCUT2D eigenvalue weighted by atomic mass is 79.9. The van der Waals surface area contributed by atoms with E-state index in [9.17, 15) is 0 Å². The molecular weight excluding hydrogens is 232 g/mol. The molecule has 2 heteroatoms. The number of thiocarbonyl (C=S) groups is 1. The second-order valence-corrected chi connectivity index (χ2v) is 3.91. The van der Waals surface area contributed by atoms with Crippen LogP contribution in [0.2, 0.25) is 0 Å². The molecule has 0 atom stereocenters. The minimum absolute atomic E-state index is 0.769. The molecule has 0 bridgehead atoms. The third-order valence-electron chi connectivity index (χ3n) is 1.95. The van der Waals surface area contributed by atoms with E-state index < -0.39 is 0 Å². The third-order valence-corrected chi connectivity index (χ3v) is 3.26. The quantitative estimate of drug-likeness (QED) is 0.435. The second kappa shape index (κ2) is 4.15. The van der Waals surface area contributed by atoms with Crippen molar-refractivity contribution in [3.8, 4) is 0 Å². The smallest absolute Gasteiger partial charge is 0.0391 e. The van der Waals surface area contributed by atoms with Crippen LogP contribution in [0, 0.1) is 13.8 Å². The molecule has 0 fully saturated rings. The summed E-state index contributed by atoms with van der Waals surface area (Å²) in [5, 5.41) is 0.769. The lowest BCUT2D eigenvalue weighted by molar-refractivity contribution is 1.34. The fraction of sp³-hybridized carbons (Fsp3) is 0.300. The van der Waals surface area contributed by atoms with Crippen LogP contribution in [0.4, 0.5) is 0 Å². The van der Waals surface area contributed by atoms with Gasteiger partial charge in [0.05, 0.1) is 0 Å². The van der Waals surface area contributed by atoms with Crippen LogP contribution in [0.1, 0.15) is 16.7 Å². The molecule has 0 aromatic heterocycles. The zero-order valence-electron chi connectivity index (χ0n) is 7.23. The van der Waals surface area contributed by atoms with Crippen LogP contribution in [-0.2, 0) is 0 Å². The van der Waals surface area contributed by atoms with Crippen LogP contribution in [0.25, 0.3) is 0 Å². The van der Waals surface area contributed by atoms with Gasteiger partial charge in [-0.25, -0.2) is 0 Å². The number of halogens is 1. The monoisotopic (exact) mass is 242 g/mol. The van der Waals surface area contributed by atoms with Gasteiger partial charge in [0.25, 0.3) is 0 Å². The summed E-state index contributed by atoms with van der Waals surface area (Å²) in [6, 6.07) is 6.32. The first kappa shape index (κ1) is 9.87. The van der Waals surface area contributed by atoms with Gasteiger partial charge in [0.2, 0.25) is 0 Å². The largest absolute Gasteiger partial charge is 0.0867 e. The Morgan fingerprint density at radius 2 is 2.00 bits per heavy atom. The topological polar surface area (TPSA) is 0 Å². The van der Waals surface area contributed by atoms with Crippen LogP contribution in [0.3, 0.4) is 0 Å². The van der Waals surface area contributed by atoms with Crippen molar-refractivity contribution in [1.82, 2.24) is 0 Å². The number of hydrogen-bond donors (Lipinski definition) is 0. The summed E-state index contributed by atoms with van der Waals surface area (Å²) in [6.45, 7) is 4.21. The number of alkyl halides is 1. The Balaban J connectivity index is 3.05. The Morgan fingerprint density at radius 1 is 1.33 bits per heavy atom. The molecule has 1 rings (SSSR count). The van der Waals surface area contributed by atoms with E-state index in [0.717, 1.165) is 15.8 Å². The molecule has 0 radical (unpaired) electrons. The lowest BCUT2D eigenvalue weighted by Gasteiger charge is -2.03. The van der Waals surface area contributed by atoms with Gasteiger partial charge < -0.3 is 0 Å². The Morgan fingerprint density at radius 3 is 2.50 bits per heavy atom. The Hall–Kier alpha value is -0.210. The minimum atomic E-state index is 0.769. The van der Waals surface area contributed by atoms with Gasteiger partial charge in [-0.2, -0.15) is 0 Å². The van der Waals surface area contributed by atoms with E-state index >= 15 is 0 Å². The van der Waals surface area contributed by atoms with Crippen molar-refractivity contribution in [2.24, 2.45) is 0 Å². The zero-order valence-corrected chi connectivity index (χ0v) is 9.63. The number of hydrogen-bond acceptors (Lipinski definition) is 1. The summed E-state index contributed by atoms with van der Waals surface area (Å²) in [6.07, 6.45) is 0. The van der Waals surface area contributed by atoms with Gasteiger partial charge in [0, 0.05) is 10.2 Å². The second-order valence-electron chi connectivity index (χ2n) is 2.86. The highest BCUT2D eigenvalue weighted by Crippen LogP contribution is 2.11. The Kier molecular flexibility index (Phi) is 3.41. The van der Waals surface area contributed by atoms with Gasteiger partial charge in [-0.05, 0) is 30.5 Å². The number of aryl methyl sites for hydroxylation is 2. The van der Waals surface area contributed by atoms with Crippen LogP contribution < -0.4 is 0 Å². The van der Waals surface area contributed by atoms with Gasteiger partial charge in [-0.1, -0.05) is 46.3 Å². The molecule has 0 aliphatic heterocycles. The molecule has 0 aliphatic carbocycles. The summed E-state index contributed by atoms with van der Waals surface area (Å²) < 4.78 is 0. The van der Waals surface area contributed by atoms with E-state index in [4.69, 9.17) is 12.2 Å². The summed E-state index contributed by atoms with van der Waals surface area (Å²) in [5.74, 6) is 0. The van der Waals surface area contributed by atoms with Crippen LogP contribution >= 0.6 is 28.1 Å². The standard InChI is InChI=1S/C10H11BrS/c1-7-3-4-9(5-8(7)2)10(12)6-11/h3-5H,6H2,1-2H3. The summed E-state index contributed by atoms with van der Waals surface area (Å²) in [7, 11) is 0. The molecule has 0 N–H and O–H groups in total. The number of benzene rings is 1. The maximum atomic E-state index is 5.18. The molecule has 0 saturated carbocycles. The van der Waals surface area contributed by atoms with Crippen molar-refractivity contribution < 1.29 is 0 Å². The predicted octanol–water partition coefficient (Wildman–Crippen LogP) is 3.42. The first-order valence-electron chi connectivity index (χ1n) is 3.81. The zero-order chi connectivity index (χ0) is 9.14. The Labute approximate surface area is 87.1 Å². The van der Waals surface area contributed by atoms with Gasteiger partial charge in [0.15, 0.2) is 0 Å². The van der Waals surface area contributed by atoms with Crippen molar-refractivity contribution in [1.29, 1.82) is 0 Å². The van der Waals surface area contributed by atoms with Gasteiger partial charge >= 0.3 is 0 Å². The lowest BCUT2D eigenvalue weighted by Crippen LogP contribution is -1.98. The molecular formula is C10H11BrS. The first-order chi connectivity index (χ1) is 5.65. The molecule has 12 heavy (non-hydrogen) atoms. The van der Waals surface area contributed by atoms with E-state index in [1.165, 1.54) is 11.1 Å². The van der Waals surface area contributed by atoms with Crippen molar-refractivity contribution >= 4 is 33.0 Å². The SMILES string of the molecule is Cc1ccc(C(=S)CBr)cc1C.